The Kier molecular flexibility index (Phi) is 3.82. The third kappa shape index (κ3) is 2.92. The lowest BCUT2D eigenvalue weighted by Gasteiger charge is -2.08. The molecule has 0 aliphatic heterocycles. The second-order valence-corrected chi connectivity index (χ2v) is 4.71. The summed E-state index contributed by atoms with van der Waals surface area (Å²) in [4.78, 5) is 23.2. The van der Waals surface area contributed by atoms with Crippen molar-refractivity contribution in [3.05, 3.63) is 46.2 Å². The Morgan fingerprint density at radius 3 is 2.47 bits per heavy atom. The predicted octanol–water partition coefficient (Wildman–Crippen LogP) is 2.71. The molecule has 6 heteroatoms. The summed E-state index contributed by atoms with van der Waals surface area (Å²) < 4.78 is 5.12. The first-order valence-electron chi connectivity index (χ1n) is 5.39. The molecule has 2 rings (SSSR count). The van der Waals surface area contributed by atoms with Crippen LogP contribution < -0.4 is 10.1 Å². The van der Waals surface area contributed by atoms with E-state index in [9.17, 15) is 9.59 Å². The molecule has 1 aromatic carbocycles. The molecule has 98 valence electrons. The highest BCUT2D eigenvalue weighted by Gasteiger charge is 2.14. The van der Waals surface area contributed by atoms with Crippen LogP contribution in [-0.2, 0) is 0 Å². The number of hydrogen-bond donors (Lipinski definition) is 2. The van der Waals surface area contributed by atoms with Crippen LogP contribution in [0.4, 0.5) is 5.69 Å². The lowest BCUT2D eigenvalue weighted by atomic mass is 10.3. The van der Waals surface area contributed by atoms with Gasteiger partial charge in [-0.2, -0.15) is 0 Å². The third-order valence-corrected chi connectivity index (χ3v) is 3.47. The maximum absolute atomic E-state index is 12.0. The van der Waals surface area contributed by atoms with E-state index >= 15 is 0 Å². The van der Waals surface area contributed by atoms with Gasteiger partial charge in [-0.15, -0.1) is 11.3 Å². The number of anilines is 1. The van der Waals surface area contributed by atoms with E-state index in [1.54, 1.807) is 24.3 Å². The summed E-state index contributed by atoms with van der Waals surface area (Å²) in [5.74, 6) is -0.853. The van der Waals surface area contributed by atoms with Crippen molar-refractivity contribution in [3.63, 3.8) is 0 Å². The monoisotopic (exact) mass is 277 g/mol. The maximum Gasteiger partial charge on any atom is 0.345 e. The second kappa shape index (κ2) is 5.53. The van der Waals surface area contributed by atoms with E-state index in [-0.39, 0.29) is 10.8 Å². The van der Waals surface area contributed by atoms with Crippen molar-refractivity contribution in [2.75, 3.05) is 12.4 Å². The molecule has 0 saturated carbocycles. The zero-order valence-corrected chi connectivity index (χ0v) is 10.9. The minimum Gasteiger partial charge on any atom is -0.495 e. The number of ether oxygens (including phenoxy) is 1. The predicted molar refractivity (Wildman–Crippen MR) is 72.2 cm³/mol. The van der Waals surface area contributed by atoms with Crippen LogP contribution in [0.2, 0.25) is 0 Å². The minimum absolute atomic E-state index is 0.130. The summed E-state index contributed by atoms with van der Waals surface area (Å²) in [5.41, 5.74) is 0.542. The van der Waals surface area contributed by atoms with Crippen LogP contribution in [0.3, 0.4) is 0 Å². The summed E-state index contributed by atoms with van der Waals surface area (Å²) in [6.07, 6.45) is 0. The molecule has 5 nitrogen and oxygen atoms in total. The molecule has 0 atom stereocenters. The molecule has 1 amide bonds. The molecular formula is C13H11NO4S. The minimum atomic E-state index is -1.04. The number of hydrogen-bond acceptors (Lipinski definition) is 4. The molecule has 1 heterocycles. The van der Waals surface area contributed by atoms with Crippen LogP contribution in [0.1, 0.15) is 19.3 Å². The standard InChI is InChI=1S/C13H11NO4S/c1-18-9-5-3-2-4-8(9)14-12(15)10-6-7-11(19-10)13(16)17/h2-7H,1H3,(H,14,15)(H,16,17). The Morgan fingerprint density at radius 1 is 1.16 bits per heavy atom. The number of rotatable bonds is 4. The molecule has 0 radical (unpaired) electrons. The average Bonchev–Trinajstić information content (AvgIpc) is 2.89. The molecule has 0 aliphatic carbocycles. The molecular weight excluding hydrogens is 266 g/mol. The van der Waals surface area contributed by atoms with Crippen molar-refractivity contribution in [3.8, 4) is 5.75 Å². The topological polar surface area (TPSA) is 75.6 Å². The number of carbonyl (C=O) groups excluding carboxylic acids is 1. The van der Waals surface area contributed by atoms with E-state index in [1.165, 1.54) is 19.2 Å². The number of thiophene rings is 1. The van der Waals surface area contributed by atoms with Gasteiger partial charge in [0, 0.05) is 0 Å². The fraction of sp³-hybridized carbons (Fsp3) is 0.0769. The number of methoxy groups -OCH3 is 1. The SMILES string of the molecule is COc1ccccc1NC(=O)c1ccc(C(=O)O)s1. The summed E-state index contributed by atoms with van der Waals surface area (Å²) in [6, 6.07) is 9.90. The van der Waals surface area contributed by atoms with Crippen molar-refractivity contribution >= 4 is 28.9 Å². The van der Waals surface area contributed by atoms with Crippen LogP contribution in [0.15, 0.2) is 36.4 Å². The molecule has 0 bridgehead atoms. The molecule has 2 aromatic rings. The van der Waals surface area contributed by atoms with Crippen LogP contribution >= 0.6 is 11.3 Å². The van der Waals surface area contributed by atoms with E-state index in [0.717, 1.165) is 11.3 Å². The summed E-state index contributed by atoms with van der Waals surface area (Å²) in [5, 5.41) is 11.5. The van der Waals surface area contributed by atoms with Crippen molar-refractivity contribution in [1.82, 2.24) is 0 Å². The van der Waals surface area contributed by atoms with Gasteiger partial charge in [-0.05, 0) is 24.3 Å². The first kappa shape index (κ1) is 13.1. The van der Waals surface area contributed by atoms with Gasteiger partial charge in [-0.25, -0.2) is 4.79 Å². The number of para-hydroxylation sites is 2. The largest absolute Gasteiger partial charge is 0.495 e. The number of carboxylic acids is 1. The van der Waals surface area contributed by atoms with Crippen molar-refractivity contribution in [2.45, 2.75) is 0 Å². The van der Waals surface area contributed by atoms with Gasteiger partial charge in [-0.1, -0.05) is 12.1 Å². The number of amides is 1. The summed E-state index contributed by atoms with van der Waals surface area (Å²) in [7, 11) is 1.51. The highest BCUT2D eigenvalue weighted by molar-refractivity contribution is 7.15. The smallest absolute Gasteiger partial charge is 0.345 e. The average molecular weight is 277 g/mol. The number of carboxylic acid groups (broad SMARTS) is 1. The maximum atomic E-state index is 12.0. The van der Waals surface area contributed by atoms with Crippen LogP contribution in [0.25, 0.3) is 0 Å². The molecule has 2 N–H and O–H groups in total. The van der Waals surface area contributed by atoms with Gasteiger partial charge < -0.3 is 15.2 Å². The zero-order chi connectivity index (χ0) is 13.8. The van der Waals surface area contributed by atoms with Crippen molar-refractivity contribution in [1.29, 1.82) is 0 Å². The Labute approximate surface area is 113 Å². The normalized spacial score (nSPS) is 9.95. The van der Waals surface area contributed by atoms with Gasteiger partial charge in [0.05, 0.1) is 17.7 Å². The van der Waals surface area contributed by atoms with Gasteiger partial charge in [0.25, 0.3) is 5.91 Å². The van der Waals surface area contributed by atoms with Gasteiger partial charge in [0.2, 0.25) is 0 Å². The quantitative estimate of drug-likeness (QED) is 0.901. The lowest BCUT2D eigenvalue weighted by molar-refractivity contribution is 0.0702. The Balaban J connectivity index is 2.18. The van der Waals surface area contributed by atoms with Crippen molar-refractivity contribution in [2.24, 2.45) is 0 Å². The lowest BCUT2D eigenvalue weighted by Crippen LogP contribution is -2.10. The van der Waals surface area contributed by atoms with Crippen LogP contribution in [0, 0.1) is 0 Å². The van der Waals surface area contributed by atoms with E-state index in [4.69, 9.17) is 9.84 Å². The zero-order valence-electron chi connectivity index (χ0n) is 10.0. The summed E-state index contributed by atoms with van der Waals surface area (Å²) >= 11 is 0.929. The van der Waals surface area contributed by atoms with E-state index in [0.29, 0.717) is 16.3 Å². The highest BCUT2D eigenvalue weighted by Crippen LogP contribution is 2.25. The first-order valence-corrected chi connectivity index (χ1v) is 6.21. The third-order valence-electron chi connectivity index (χ3n) is 2.40. The van der Waals surface area contributed by atoms with E-state index < -0.39 is 5.97 Å². The number of aromatic carboxylic acids is 1. The van der Waals surface area contributed by atoms with E-state index in [1.807, 2.05) is 0 Å². The molecule has 1 aromatic heterocycles. The Hall–Kier alpha value is -2.34. The fourth-order valence-corrected chi connectivity index (χ4v) is 2.25. The Morgan fingerprint density at radius 2 is 1.84 bits per heavy atom. The summed E-state index contributed by atoms with van der Waals surface area (Å²) in [6.45, 7) is 0. The number of nitrogens with one attached hydrogen (secondary N) is 1. The molecule has 0 spiro atoms. The van der Waals surface area contributed by atoms with Gasteiger partial charge in [-0.3, -0.25) is 4.79 Å². The van der Waals surface area contributed by atoms with E-state index in [2.05, 4.69) is 5.32 Å². The second-order valence-electron chi connectivity index (χ2n) is 3.62. The Bertz CT molecular complexity index is 621. The molecule has 0 aliphatic rings. The number of carbonyl (C=O) groups is 2. The van der Waals surface area contributed by atoms with Crippen LogP contribution in [-0.4, -0.2) is 24.1 Å². The number of benzene rings is 1. The fourth-order valence-electron chi connectivity index (χ4n) is 1.51. The molecule has 0 fully saturated rings. The van der Waals surface area contributed by atoms with Gasteiger partial charge in [0.15, 0.2) is 0 Å². The first-order chi connectivity index (χ1) is 9.11. The molecule has 0 unspecified atom stereocenters. The van der Waals surface area contributed by atoms with Gasteiger partial charge >= 0.3 is 5.97 Å². The van der Waals surface area contributed by atoms with Crippen LogP contribution in [0.5, 0.6) is 5.75 Å². The highest BCUT2D eigenvalue weighted by atomic mass is 32.1. The van der Waals surface area contributed by atoms with Gasteiger partial charge in [0.1, 0.15) is 10.6 Å². The molecule has 0 saturated heterocycles. The van der Waals surface area contributed by atoms with Crippen molar-refractivity contribution < 1.29 is 19.4 Å². The molecule has 19 heavy (non-hydrogen) atoms.